The van der Waals surface area contributed by atoms with Gasteiger partial charge in [0.15, 0.2) is 26.8 Å². The Morgan fingerprint density at radius 3 is 2.53 bits per heavy atom. The molecule has 1 saturated heterocycles. The van der Waals surface area contributed by atoms with Gasteiger partial charge >= 0.3 is 6.09 Å². The SMILES string of the molecule is CC(C)(C)OC(=O)N1CCC(n2nnc3c(Nc4ccc(S(C)(=O)=O)cc4F)ncnc32)CC1. The molecule has 182 valence electrons. The van der Waals surface area contributed by atoms with Crippen molar-refractivity contribution in [1.82, 2.24) is 29.9 Å². The van der Waals surface area contributed by atoms with Gasteiger partial charge in [-0.05, 0) is 51.8 Å². The Labute approximate surface area is 196 Å². The quantitative estimate of drug-likeness (QED) is 0.584. The van der Waals surface area contributed by atoms with Crippen molar-refractivity contribution in [2.24, 2.45) is 0 Å². The summed E-state index contributed by atoms with van der Waals surface area (Å²) in [5.74, 6) is -0.495. The molecule has 34 heavy (non-hydrogen) atoms. The van der Waals surface area contributed by atoms with Gasteiger partial charge in [-0.25, -0.2) is 32.3 Å². The lowest BCUT2D eigenvalue weighted by Crippen LogP contribution is -2.42. The monoisotopic (exact) mass is 491 g/mol. The van der Waals surface area contributed by atoms with Crippen LogP contribution in [0, 0.1) is 5.82 Å². The van der Waals surface area contributed by atoms with E-state index in [1.54, 1.807) is 9.58 Å². The average molecular weight is 492 g/mol. The number of rotatable bonds is 4. The molecular formula is C21H26FN7O4S. The summed E-state index contributed by atoms with van der Waals surface area (Å²) in [7, 11) is -3.53. The van der Waals surface area contributed by atoms with E-state index in [0.29, 0.717) is 37.1 Å². The van der Waals surface area contributed by atoms with Crippen molar-refractivity contribution in [3.8, 4) is 0 Å². The van der Waals surface area contributed by atoms with Crippen LogP contribution in [0.15, 0.2) is 29.4 Å². The zero-order valence-electron chi connectivity index (χ0n) is 19.3. The molecule has 0 bridgehead atoms. The highest BCUT2D eigenvalue weighted by molar-refractivity contribution is 7.90. The number of anilines is 2. The molecule has 1 fully saturated rings. The number of halogens is 1. The van der Waals surface area contributed by atoms with Crippen LogP contribution in [0.5, 0.6) is 0 Å². The van der Waals surface area contributed by atoms with Crippen LogP contribution in [-0.2, 0) is 14.6 Å². The van der Waals surface area contributed by atoms with Gasteiger partial charge in [-0.15, -0.1) is 5.10 Å². The number of likely N-dealkylation sites (tertiary alicyclic amines) is 1. The predicted octanol–water partition coefficient (Wildman–Crippen LogP) is 3.08. The van der Waals surface area contributed by atoms with Gasteiger partial charge in [0.05, 0.1) is 16.6 Å². The fraction of sp³-hybridized carbons (Fsp3) is 0.476. The molecule has 0 radical (unpaired) electrons. The van der Waals surface area contributed by atoms with Crippen molar-refractivity contribution in [1.29, 1.82) is 0 Å². The molecule has 0 unspecified atom stereocenters. The van der Waals surface area contributed by atoms with Gasteiger partial charge in [0.2, 0.25) is 0 Å². The fourth-order valence-electron chi connectivity index (χ4n) is 3.68. The third-order valence-electron chi connectivity index (χ3n) is 5.34. The number of nitrogens with zero attached hydrogens (tertiary/aromatic N) is 6. The van der Waals surface area contributed by atoms with Gasteiger partial charge in [-0.2, -0.15) is 0 Å². The molecule has 1 N–H and O–H groups in total. The molecule has 0 atom stereocenters. The lowest BCUT2D eigenvalue weighted by atomic mass is 10.1. The van der Waals surface area contributed by atoms with Crippen LogP contribution in [0.1, 0.15) is 39.7 Å². The first kappa shape index (κ1) is 23.8. The van der Waals surface area contributed by atoms with Crippen molar-refractivity contribution in [3.63, 3.8) is 0 Å². The Hall–Kier alpha value is -3.35. The number of hydrogen-bond acceptors (Lipinski definition) is 9. The van der Waals surface area contributed by atoms with E-state index in [1.807, 2.05) is 20.8 Å². The number of sulfone groups is 1. The van der Waals surface area contributed by atoms with E-state index in [1.165, 1.54) is 18.5 Å². The van der Waals surface area contributed by atoms with Gasteiger partial charge in [0.1, 0.15) is 17.7 Å². The highest BCUT2D eigenvalue weighted by Gasteiger charge is 2.29. The summed E-state index contributed by atoms with van der Waals surface area (Å²) in [6.45, 7) is 6.51. The van der Waals surface area contributed by atoms with Crippen LogP contribution in [0.4, 0.5) is 20.7 Å². The molecule has 1 amide bonds. The Balaban J connectivity index is 1.51. The second-order valence-electron chi connectivity index (χ2n) is 9.17. The molecule has 11 nitrogen and oxygen atoms in total. The predicted molar refractivity (Wildman–Crippen MR) is 122 cm³/mol. The summed E-state index contributed by atoms with van der Waals surface area (Å²) in [6.07, 6.45) is 3.28. The molecule has 0 aliphatic carbocycles. The van der Waals surface area contributed by atoms with Crippen LogP contribution in [0.3, 0.4) is 0 Å². The molecule has 3 aromatic rings. The van der Waals surface area contributed by atoms with Crippen LogP contribution >= 0.6 is 0 Å². The summed E-state index contributed by atoms with van der Waals surface area (Å²) >= 11 is 0. The fourth-order valence-corrected chi connectivity index (χ4v) is 4.31. The first-order valence-corrected chi connectivity index (χ1v) is 12.6. The molecule has 0 spiro atoms. The molecule has 1 aliphatic heterocycles. The van der Waals surface area contributed by atoms with Gasteiger partial charge < -0.3 is 15.0 Å². The highest BCUT2D eigenvalue weighted by Crippen LogP contribution is 2.29. The lowest BCUT2D eigenvalue weighted by Gasteiger charge is -2.33. The first-order chi connectivity index (χ1) is 15.9. The lowest BCUT2D eigenvalue weighted by molar-refractivity contribution is 0.0185. The summed E-state index contributed by atoms with van der Waals surface area (Å²) in [5, 5.41) is 11.3. The average Bonchev–Trinajstić information content (AvgIpc) is 3.18. The molecule has 1 aliphatic rings. The van der Waals surface area contributed by atoms with E-state index in [2.05, 4.69) is 25.6 Å². The van der Waals surface area contributed by atoms with E-state index < -0.39 is 21.3 Å². The zero-order valence-corrected chi connectivity index (χ0v) is 20.1. The molecule has 1 aromatic carbocycles. The van der Waals surface area contributed by atoms with Crippen LogP contribution in [-0.4, -0.2) is 69.3 Å². The number of carbonyl (C=O) groups is 1. The number of carbonyl (C=O) groups excluding carboxylic acids is 1. The molecule has 0 saturated carbocycles. The van der Waals surface area contributed by atoms with Crippen LogP contribution in [0.2, 0.25) is 0 Å². The number of nitrogens with one attached hydrogen (secondary N) is 1. The highest BCUT2D eigenvalue weighted by atomic mass is 32.2. The second kappa shape index (κ2) is 8.78. The van der Waals surface area contributed by atoms with E-state index >= 15 is 0 Å². The minimum absolute atomic E-state index is 0.0304. The van der Waals surface area contributed by atoms with E-state index in [9.17, 15) is 17.6 Å². The normalized spacial score (nSPS) is 15.5. The standard InChI is InChI=1S/C21H26FN7O4S/c1-21(2,3)33-20(30)28-9-7-13(8-10-28)29-19-17(26-27-29)18(23-12-24-19)25-16-6-5-14(11-15(16)22)34(4,31)32/h5-6,11-13H,7-10H2,1-4H3,(H,23,24,25). The Bertz CT molecular complexity index is 1330. The van der Waals surface area contributed by atoms with E-state index in [-0.39, 0.29) is 28.5 Å². The van der Waals surface area contributed by atoms with Gasteiger partial charge in [0.25, 0.3) is 0 Å². The summed E-state index contributed by atoms with van der Waals surface area (Å²) in [5.41, 5.74) is 0.318. The zero-order chi connectivity index (χ0) is 24.7. The first-order valence-electron chi connectivity index (χ1n) is 10.7. The number of amides is 1. The summed E-state index contributed by atoms with van der Waals surface area (Å²) in [6, 6.07) is 3.56. The summed E-state index contributed by atoms with van der Waals surface area (Å²) in [4.78, 5) is 22.3. The van der Waals surface area contributed by atoms with Gasteiger partial charge in [0, 0.05) is 19.3 Å². The van der Waals surface area contributed by atoms with Crippen molar-refractivity contribution in [3.05, 3.63) is 30.3 Å². The van der Waals surface area contributed by atoms with Gasteiger partial charge in [-0.3, -0.25) is 0 Å². The molecule has 2 aromatic heterocycles. The topological polar surface area (TPSA) is 132 Å². The van der Waals surface area contributed by atoms with Gasteiger partial charge in [-0.1, -0.05) is 5.21 Å². The maximum Gasteiger partial charge on any atom is 0.410 e. The number of hydrogen-bond donors (Lipinski definition) is 1. The molecule has 4 rings (SSSR count). The number of benzene rings is 1. The molecule has 3 heterocycles. The molecule has 13 heteroatoms. The van der Waals surface area contributed by atoms with Crippen LogP contribution in [0.25, 0.3) is 11.2 Å². The smallest absolute Gasteiger partial charge is 0.410 e. The van der Waals surface area contributed by atoms with Crippen molar-refractivity contribution in [2.45, 2.75) is 50.2 Å². The van der Waals surface area contributed by atoms with Crippen molar-refractivity contribution in [2.75, 3.05) is 24.7 Å². The van der Waals surface area contributed by atoms with E-state index in [4.69, 9.17) is 4.74 Å². The number of piperidine rings is 1. The number of ether oxygens (including phenoxy) is 1. The van der Waals surface area contributed by atoms with Crippen molar-refractivity contribution < 1.29 is 22.3 Å². The second-order valence-corrected chi connectivity index (χ2v) is 11.2. The minimum Gasteiger partial charge on any atom is -0.444 e. The minimum atomic E-state index is -3.53. The third kappa shape index (κ3) is 5.08. The Kier molecular flexibility index (Phi) is 6.14. The Morgan fingerprint density at radius 1 is 1.21 bits per heavy atom. The maximum atomic E-state index is 14.5. The van der Waals surface area contributed by atoms with Crippen molar-refractivity contribution >= 4 is 38.6 Å². The summed E-state index contributed by atoms with van der Waals surface area (Å²) < 4.78 is 44.9. The largest absolute Gasteiger partial charge is 0.444 e. The molecular weight excluding hydrogens is 465 g/mol. The number of fused-ring (bicyclic) bond motifs is 1. The Morgan fingerprint density at radius 2 is 1.91 bits per heavy atom. The van der Waals surface area contributed by atoms with E-state index in [0.717, 1.165) is 12.3 Å². The number of aromatic nitrogens is 5. The van der Waals surface area contributed by atoms with Crippen LogP contribution < -0.4 is 5.32 Å². The third-order valence-corrected chi connectivity index (χ3v) is 6.46. The maximum absolute atomic E-state index is 14.5.